The van der Waals surface area contributed by atoms with Gasteiger partial charge in [-0.3, -0.25) is 4.55 Å². The first-order valence-electron chi connectivity index (χ1n) is 4.82. The summed E-state index contributed by atoms with van der Waals surface area (Å²) in [7, 11) is -2.69. The molecule has 0 aliphatic carbocycles. The Kier molecular flexibility index (Phi) is 3.30. The second-order valence-corrected chi connectivity index (χ2v) is 5.98. The Morgan fingerprint density at radius 3 is 2.19 bits per heavy atom. The van der Waals surface area contributed by atoms with E-state index in [1.165, 1.54) is 19.2 Å². The van der Waals surface area contributed by atoms with Crippen LogP contribution in [0.5, 0.6) is 5.75 Å². The Labute approximate surface area is 96.0 Å². The molecule has 5 heteroatoms. The summed E-state index contributed by atoms with van der Waals surface area (Å²) in [5, 5.41) is 0. The van der Waals surface area contributed by atoms with Gasteiger partial charge in [-0.05, 0) is 29.2 Å². The highest BCUT2D eigenvalue weighted by atomic mass is 32.2. The van der Waals surface area contributed by atoms with Crippen molar-refractivity contribution in [2.45, 2.75) is 31.1 Å². The lowest BCUT2D eigenvalue weighted by atomic mass is 9.87. The molecule has 0 saturated heterocycles. The van der Waals surface area contributed by atoms with E-state index in [4.69, 9.17) is 9.29 Å². The predicted octanol–water partition coefficient (Wildman–Crippen LogP) is 2.24. The maximum Gasteiger partial charge on any atom is 0.294 e. The molecule has 0 spiro atoms. The normalized spacial score (nSPS) is 12.6. The average Bonchev–Trinajstić information content (AvgIpc) is 2.14. The molecule has 4 nitrogen and oxygen atoms in total. The molecule has 0 aliphatic rings. The zero-order chi connectivity index (χ0) is 12.6. The molecule has 1 aromatic carbocycles. The molecule has 0 heterocycles. The molecule has 1 aromatic rings. The Morgan fingerprint density at radius 2 is 1.81 bits per heavy atom. The van der Waals surface area contributed by atoms with Gasteiger partial charge in [0, 0.05) is 0 Å². The number of ether oxygens (including phenoxy) is 1. The van der Waals surface area contributed by atoms with Crippen LogP contribution in [0.1, 0.15) is 26.3 Å². The highest BCUT2D eigenvalue weighted by molar-refractivity contribution is 7.85. The first-order valence-corrected chi connectivity index (χ1v) is 6.26. The molecule has 0 aliphatic heterocycles. The van der Waals surface area contributed by atoms with E-state index in [9.17, 15) is 8.42 Å². The van der Waals surface area contributed by atoms with Gasteiger partial charge >= 0.3 is 0 Å². The quantitative estimate of drug-likeness (QED) is 0.810. The minimum atomic E-state index is -4.20. The minimum Gasteiger partial charge on any atom is -0.497 e. The van der Waals surface area contributed by atoms with Crippen molar-refractivity contribution in [2.24, 2.45) is 0 Å². The first-order chi connectivity index (χ1) is 7.16. The minimum absolute atomic E-state index is 0.0687. The number of rotatable bonds is 2. The van der Waals surface area contributed by atoms with Crippen molar-refractivity contribution >= 4 is 10.1 Å². The lowest BCUT2D eigenvalue weighted by molar-refractivity contribution is 0.411. The summed E-state index contributed by atoms with van der Waals surface area (Å²) < 4.78 is 36.6. The summed E-state index contributed by atoms with van der Waals surface area (Å²) in [5.74, 6) is 0.567. The van der Waals surface area contributed by atoms with Crippen LogP contribution in [0.15, 0.2) is 23.1 Å². The molecule has 0 fully saturated rings. The zero-order valence-corrected chi connectivity index (χ0v) is 10.6. The molecule has 0 atom stereocenters. The summed E-state index contributed by atoms with van der Waals surface area (Å²) in [6, 6.07) is 4.50. The molecule has 0 aromatic heterocycles. The van der Waals surface area contributed by atoms with Gasteiger partial charge in [0.2, 0.25) is 0 Å². The number of hydrogen-bond donors (Lipinski definition) is 1. The van der Waals surface area contributed by atoms with E-state index < -0.39 is 10.1 Å². The van der Waals surface area contributed by atoms with Crippen molar-refractivity contribution in [3.05, 3.63) is 23.8 Å². The molecule has 1 N–H and O–H groups in total. The van der Waals surface area contributed by atoms with Crippen molar-refractivity contribution in [1.82, 2.24) is 0 Å². The maximum absolute atomic E-state index is 11.2. The Morgan fingerprint density at radius 1 is 1.25 bits per heavy atom. The van der Waals surface area contributed by atoms with E-state index in [1.807, 2.05) is 20.8 Å². The fraction of sp³-hybridized carbons (Fsp3) is 0.455. The Balaban J connectivity index is 3.52. The summed E-state index contributed by atoms with van der Waals surface area (Å²) in [6.07, 6.45) is 0. The molecule has 90 valence electrons. The van der Waals surface area contributed by atoms with Crippen molar-refractivity contribution in [1.29, 1.82) is 0 Å². The van der Waals surface area contributed by atoms with Crippen molar-refractivity contribution in [3.8, 4) is 5.75 Å². The number of methoxy groups -OCH3 is 1. The van der Waals surface area contributed by atoms with Gasteiger partial charge in [-0.25, -0.2) is 0 Å². The first kappa shape index (κ1) is 13.0. The van der Waals surface area contributed by atoms with Gasteiger partial charge in [0.15, 0.2) is 0 Å². The molecule has 0 radical (unpaired) electrons. The van der Waals surface area contributed by atoms with Crippen LogP contribution in [0, 0.1) is 0 Å². The molecule has 16 heavy (non-hydrogen) atoms. The fourth-order valence-corrected chi connectivity index (χ4v) is 2.33. The van der Waals surface area contributed by atoms with Crippen LogP contribution in [0.2, 0.25) is 0 Å². The Bertz CT molecular complexity index is 483. The van der Waals surface area contributed by atoms with Gasteiger partial charge in [-0.2, -0.15) is 8.42 Å². The lowest BCUT2D eigenvalue weighted by Crippen LogP contribution is -2.16. The standard InChI is InChI=1S/C11H16O4S/c1-11(2,3)9-7-8(15-4)5-6-10(9)16(12,13)14/h5-7H,1-4H3,(H,12,13,14). The number of hydrogen-bond acceptors (Lipinski definition) is 3. The van der Waals surface area contributed by atoms with E-state index >= 15 is 0 Å². The van der Waals surface area contributed by atoms with E-state index in [0.29, 0.717) is 11.3 Å². The summed E-state index contributed by atoms with van der Waals surface area (Å²) in [6.45, 7) is 5.61. The highest BCUT2D eigenvalue weighted by Gasteiger charge is 2.24. The van der Waals surface area contributed by atoms with Gasteiger partial charge in [0.25, 0.3) is 10.1 Å². The molecular weight excluding hydrogens is 228 g/mol. The van der Waals surface area contributed by atoms with Crippen LogP contribution >= 0.6 is 0 Å². The highest BCUT2D eigenvalue weighted by Crippen LogP contribution is 2.31. The van der Waals surface area contributed by atoms with Gasteiger partial charge in [0.1, 0.15) is 5.75 Å². The Hall–Kier alpha value is -1.07. The fourth-order valence-electron chi connectivity index (χ4n) is 1.45. The van der Waals surface area contributed by atoms with E-state index in [1.54, 1.807) is 6.07 Å². The SMILES string of the molecule is COc1ccc(S(=O)(=O)O)c(C(C)(C)C)c1. The summed E-state index contributed by atoms with van der Waals surface area (Å²) >= 11 is 0. The van der Waals surface area contributed by atoms with Crippen molar-refractivity contribution in [2.75, 3.05) is 7.11 Å². The summed E-state index contributed by atoms with van der Waals surface area (Å²) in [5.41, 5.74) is 0.147. The molecule has 0 bridgehead atoms. The molecule has 0 unspecified atom stereocenters. The monoisotopic (exact) mass is 244 g/mol. The molecule has 0 amide bonds. The van der Waals surface area contributed by atoms with Gasteiger partial charge in [-0.1, -0.05) is 20.8 Å². The summed E-state index contributed by atoms with van der Waals surface area (Å²) in [4.78, 5) is -0.0687. The van der Waals surface area contributed by atoms with E-state index in [-0.39, 0.29) is 10.3 Å². The topological polar surface area (TPSA) is 63.6 Å². The zero-order valence-electron chi connectivity index (χ0n) is 9.81. The third-order valence-corrected chi connectivity index (χ3v) is 3.18. The van der Waals surface area contributed by atoms with Crippen molar-refractivity contribution < 1.29 is 17.7 Å². The third-order valence-electron chi connectivity index (χ3n) is 2.27. The van der Waals surface area contributed by atoms with Gasteiger partial charge < -0.3 is 4.74 Å². The van der Waals surface area contributed by atoms with Crippen molar-refractivity contribution in [3.63, 3.8) is 0 Å². The van der Waals surface area contributed by atoms with Crippen LogP contribution in [0.25, 0.3) is 0 Å². The maximum atomic E-state index is 11.2. The van der Waals surface area contributed by atoms with Crippen LogP contribution in [-0.2, 0) is 15.5 Å². The van der Waals surface area contributed by atoms with E-state index in [2.05, 4.69) is 0 Å². The third kappa shape index (κ3) is 2.74. The largest absolute Gasteiger partial charge is 0.497 e. The molecular formula is C11H16O4S. The smallest absolute Gasteiger partial charge is 0.294 e. The second kappa shape index (κ2) is 4.07. The van der Waals surface area contributed by atoms with Crippen LogP contribution < -0.4 is 4.74 Å². The van der Waals surface area contributed by atoms with Crippen LogP contribution in [0.3, 0.4) is 0 Å². The second-order valence-electron chi connectivity index (χ2n) is 4.59. The molecule has 1 rings (SSSR count). The average molecular weight is 244 g/mol. The lowest BCUT2D eigenvalue weighted by Gasteiger charge is -2.22. The predicted molar refractivity (Wildman–Crippen MR) is 61.5 cm³/mol. The van der Waals surface area contributed by atoms with Gasteiger partial charge in [-0.15, -0.1) is 0 Å². The number of benzene rings is 1. The van der Waals surface area contributed by atoms with Crippen LogP contribution in [0.4, 0.5) is 0 Å². The van der Waals surface area contributed by atoms with Gasteiger partial charge in [0.05, 0.1) is 12.0 Å². The molecule has 0 saturated carbocycles. The van der Waals surface area contributed by atoms with Crippen LogP contribution in [-0.4, -0.2) is 20.1 Å². The van der Waals surface area contributed by atoms with E-state index in [0.717, 1.165) is 0 Å².